The van der Waals surface area contributed by atoms with Crippen LogP contribution in [0.25, 0.3) is 11.3 Å². The predicted octanol–water partition coefficient (Wildman–Crippen LogP) is 2.43. The molecule has 0 aliphatic carbocycles. The quantitative estimate of drug-likeness (QED) is 0.841. The number of hydrogen-bond acceptors (Lipinski definition) is 4. The zero-order valence-corrected chi connectivity index (χ0v) is 9.54. The highest BCUT2D eigenvalue weighted by atomic mass is 16.5. The monoisotopic (exact) mass is 246 g/mol. The van der Waals surface area contributed by atoms with E-state index >= 15 is 0 Å². The van der Waals surface area contributed by atoms with Gasteiger partial charge in [-0.1, -0.05) is 12.1 Å². The standard InChI is InChI=1S/C13H10O5/c1-17-13(16)10-6-11(18-7-10)8-2-4-9(5-3-8)12(14)15/h2-7H,1H3,(H,14,15). The molecule has 18 heavy (non-hydrogen) atoms. The Morgan fingerprint density at radius 3 is 2.39 bits per heavy atom. The van der Waals surface area contributed by atoms with E-state index in [1.807, 2.05) is 0 Å². The highest BCUT2D eigenvalue weighted by molar-refractivity contribution is 5.90. The van der Waals surface area contributed by atoms with Crippen molar-refractivity contribution in [3.8, 4) is 11.3 Å². The first-order valence-corrected chi connectivity index (χ1v) is 5.12. The number of aromatic carboxylic acids is 1. The van der Waals surface area contributed by atoms with Gasteiger partial charge in [-0.25, -0.2) is 9.59 Å². The van der Waals surface area contributed by atoms with Crippen molar-refractivity contribution in [3.05, 3.63) is 47.7 Å². The number of rotatable bonds is 3. The number of hydrogen-bond donors (Lipinski definition) is 1. The molecule has 0 saturated heterocycles. The molecule has 5 heteroatoms. The topological polar surface area (TPSA) is 76.7 Å². The molecule has 92 valence electrons. The zero-order valence-electron chi connectivity index (χ0n) is 9.54. The van der Waals surface area contributed by atoms with E-state index in [2.05, 4.69) is 4.74 Å². The van der Waals surface area contributed by atoms with Crippen LogP contribution in [0.4, 0.5) is 0 Å². The highest BCUT2D eigenvalue weighted by Gasteiger charge is 2.11. The molecule has 0 bridgehead atoms. The molecule has 0 atom stereocenters. The van der Waals surface area contributed by atoms with Crippen molar-refractivity contribution in [1.29, 1.82) is 0 Å². The van der Waals surface area contributed by atoms with Gasteiger partial charge in [-0.3, -0.25) is 0 Å². The summed E-state index contributed by atoms with van der Waals surface area (Å²) in [7, 11) is 1.29. The van der Waals surface area contributed by atoms with Crippen molar-refractivity contribution in [3.63, 3.8) is 0 Å². The van der Waals surface area contributed by atoms with Crippen molar-refractivity contribution in [1.82, 2.24) is 0 Å². The molecule has 2 rings (SSSR count). The minimum Gasteiger partial charge on any atom is -0.478 e. The van der Waals surface area contributed by atoms with E-state index in [4.69, 9.17) is 9.52 Å². The fourth-order valence-corrected chi connectivity index (χ4v) is 1.49. The van der Waals surface area contributed by atoms with Crippen LogP contribution in [-0.4, -0.2) is 24.2 Å². The molecule has 0 amide bonds. The second-order valence-corrected chi connectivity index (χ2v) is 3.57. The maximum Gasteiger partial charge on any atom is 0.341 e. The second kappa shape index (κ2) is 4.75. The van der Waals surface area contributed by atoms with Crippen LogP contribution in [0.1, 0.15) is 20.7 Å². The van der Waals surface area contributed by atoms with E-state index in [1.165, 1.54) is 25.5 Å². The van der Waals surface area contributed by atoms with Crippen LogP contribution in [0, 0.1) is 0 Å². The molecule has 0 unspecified atom stereocenters. The lowest BCUT2D eigenvalue weighted by Crippen LogP contribution is -1.98. The Balaban J connectivity index is 2.29. The van der Waals surface area contributed by atoms with Gasteiger partial charge in [0.05, 0.1) is 18.2 Å². The molecule has 0 spiro atoms. The molecule has 0 aliphatic rings. The normalized spacial score (nSPS) is 10.1. The number of carboxylic acid groups (broad SMARTS) is 1. The van der Waals surface area contributed by atoms with E-state index < -0.39 is 11.9 Å². The molecule has 5 nitrogen and oxygen atoms in total. The predicted molar refractivity (Wildman–Crippen MR) is 62.4 cm³/mol. The molecule has 2 aromatic rings. The third-order valence-electron chi connectivity index (χ3n) is 2.44. The first kappa shape index (κ1) is 11.9. The van der Waals surface area contributed by atoms with E-state index in [-0.39, 0.29) is 5.56 Å². The molecular weight excluding hydrogens is 236 g/mol. The van der Waals surface area contributed by atoms with Gasteiger partial charge in [0.1, 0.15) is 12.0 Å². The van der Waals surface area contributed by atoms with Crippen molar-refractivity contribution >= 4 is 11.9 Å². The fourth-order valence-electron chi connectivity index (χ4n) is 1.49. The van der Waals surface area contributed by atoms with Crippen molar-refractivity contribution < 1.29 is 23.8 Å². The minimum absolute atomic E-state index is 0.193. The van der Waals surface area contributed by atoms with Crippen LogP contribution in [0.15, 0.2) is 41.0 Å². The Hall–Kier alpha value is -2.56. The van der Waals surface area contributed by atoms with E-state index in [0.29, 0.717) is 16.9 Å². The molecule has 0 saturated carbocycles. The molecule has 1 heterocycles. The Kier molecular flexibility index (Phi) is 3.14. The largest absolute Gasteiger partial charge is 0.478 e. The molecule has 1 N–H and O–H groups in total. The maximum atomic E-state index is 11.2. The Labute approximate surface area is 103 Å². The van der Waals surface area contributed by atoms with E-state index in [9.17, 15) is 9.59 Å². The first-order valence-electron chi connectivity index (χ1n) is 5.12. The van der Waals surface area contributed by atoms with Crippen LogP contribution in [-0.2, 0) is 4.74 Å². The lowest BCUT2D eigenvalue weighted by molar-refractivity contribution is 0.0599. The molecule has 1 aromatic carbocycles. The number of carboxylic acids is 1. The second-order valence-electron chi connectivity index (χ2n) is 3.57. The third-order valence-corrected chi connectivity index (χ3v) is 2.44. The van der Waals surface area contributed by atoms with Crippen molar-refractivity contribution in [2.75, 3.05) is 7.11 Å². The number of ether oxygens (including phenoxy) is 1. The van der Waals surface area contributed by atoms with Gasteiger partial charge in [0.25, 0.3) is 0 Å². The van der Waals surface area contributed by atoms with Gasteiger partial charge in [-0.2, -0.15) is 0 Å². The highest BCUT2D eigenvalue weighted by Crippen LogP contribution is 2.22. The van der Waals surface area contributed by atoms with Crippen LogP contribution in [0.2, 0.25) is 0 Å². The Bertz CT molecular complexity index is 580. The SMILES string of the molecule is COC(=O)c1coc(-c2ccc(C(=O)O)cc2)c1. The molecule has 1 aromatic heterocycles. The number of carbonyl (C=O) groups is 2. The average Bonchev–Trinajstić information content (AvgIpc) is 2.87. The van der Waals surface area contributed by atoms with Crippen LogP contribution < -0.4 is 0 Å². The summed E-state index contributed by atoms with van der Waals surface area (Å²) >= 11 is 0. The van der Waals surface area contributed by atoms with Crippen molar-refractivity contribution in [2.45, 2.75) is 0 Å². The summed E-state index contributed by atoms with van der Waals surface area (Å²) in [6, 6.07) is 7.71. The number of carbonyl (C=O) groups excluding carboxylic acids is 1. The Morgan fingerprint density at radius 2 is 1.83 bits per heavy atom. The van der Waals surface area contributed by atoms with E-state index in [1.54, 1.807) is 18.2 Å². The first-order chi connectivity index (χ1) is 8.61. The van der Waals surface area contributed by atoms with Gasteiger partial charge >= 0.3 is 11.9 Å². The van der Waals surface area contributed by atoms with Gasteiger partial charge in [0.2, 0.25) is 0 Å². The molecule has 0 fully saturated rings. The third kappa shape index (κ3) is 2.24. The molecular formula is C13H10O5. The van der Waals surface area contributed by atoms with Gasteiger partial charge < -0.3 is 14.3 Å². The fraction of sp³-hybridized carbons (Fsp3) is 0.0769. The van der Waals surface area contributed by atoms with Crippen LogP contribution in [0.5, 0.6) is 0 Å². The number of furan rings is 1. The lowest BCUT2D eigenvalue weighted by atomic mass is 10.1. The van der Waals surface area contributed by atoms with Gasteiger partial charge in [-0.05, 0) is 18.2 Å². The average molecular weight is 246 g/mol. The van der Waals surface area contributed by atoms with Gasteiger partial charge in [0.15, 0.2) is 0 Å². The molecule has 0 aliphatic heterocycles. The zero-order chi connectivity index (χ0) is 13.1. The number of methoxy groups -OCH3 is 1. The Morgan fingerprint density at radius 1 is 1.17 bits per heavy atom. The van der Waals surface area contributed by atoms with Crippen LogP contribution in [0.3, 0.4) is 0 Å². The smallest absolute Gasteiger partial charge is 0.341 e. The minimum atomic E-state index is -0.990. The molecule has 0 radical (unpaired) electrons. The number of benzene rings is 1. The van der Waals surface area contributed by atoms with Gasteiger partial charge in [-0.15, -0.1) is 0 Å². The summed E-state index contributed by atoms with van der Waals surface area (Å²) < 4.78 is 9.79. The maximum absolute atomic E-state index is 11.2. The van der Waals surface area contributed by atoms with E-state index in [0.717, 1.165) is 0 Å². The summed E-state index contributed by atoms with van der Waals surface area (Å²) in [5.74, 6) is -0.990. The summed E-state index contributed by atoms with van der Waals surface area (Å²) in [4.78, 5) is 21.9. The number of esters is 1. The summed E-state index contributed by atoms with van der Waals surface area (Å²) in [5, 5.41) is 8.77. The lowest BCUT2D eigenvalue weighted by Gasteiger charge is -1.97. The van der Waals surface area contributed by atoms with Crippen LogP contribution >= 0.6 is 0 Å². The summed E-state index contributed by atoms with van der Waals surface area (Å²) in [6.45, 7) is 0. The summed E-state index contributed by atoms with van der Waals surface area (Å²) in [5.41, 5.74) is 1.20. The summed E-state index contributed by atoms with van der Waals surface area (Å²) in [6.07, 6.45) is 1.30. The van der Waals surface area contributed by atoms with Gasteiger partial charge in [0, 0.05) is 5.56 Å². The van der Waals surface area contributed by atoms with Crippen molar-refractivity contribution in [2.24, 2.45) is 0 Å².